The summed E-state index contributed by atoms with van der Waals surface area (Å²) >= 11 is 0. The van der Waals surface area contributed by atoms with Crippen molar-refractivity contribution in [3.05, 3.63) is 28.2 Å². The van der Waals surface area contributed by atoms with E-state index in [-0.39, 0.29) is 17.0 Å². The smallest absolute Gasteiger partial charge is 0.335 e. The molecule has 0 aliphatic rings. The lowest BCUT2D eigenvalue weighted by Gasteiger charge is -2.01. The number of carboxylic acid groups (broad SMARTS) is 1. The summed E-state index contributed by atoms with van der Waals surface area (Å²) in [6, 6.07) is 2.30. The van der Waals surface area contributed by atoms with Gasteiger partial charge in [-0.2, -0.15) is 0 Å². The van der Waals surface area contributed by atoms with Crippen molar-refractivity contribution in [1.82, 2.24) is 0 Å². The summed E-state index contributed by atoms with van der Waals surface area (Å²) in [5, 5.41) is 20.3. The van der Waals surface area contributed by atoms with Crippen molar-refractivity contribution in [3.8, 4) is 5.75 Å². The molecule has 2 N–H and O–H groups in total. The maximum absolute atomic E-state index is 10.5. The van der Waals surface area contributed by atoms with E-state index in [2.05, 4.69) is 5.18 Å². The van der Waals surface area contributed by atoms with Gasteiger partial charge < -0.3 is 10.2 Å². The standard InChI is InChI=1S/C8H7NO4/c1-4-2-5(8(11)12)3-6(9-13)7(4)10/h2-3,10H,1H3,(H,11,12). The van der Waals surface area contributed by atoms with Crippen LogP contribution in [0.4, 0.5) is 5.69 Å². The molecule has 1 aromatic rings. The van der Waals surface area contributed by atoms with Crippen LogP contribution in [0.5, 0.6) is 5.75 Å². The summed E-state index contributed by atoms with van der Waals surface area (Å²) in [6.07, 6.45) is 0. The zero-order valence-electron chi connectivity index (χ0n) is 6.81. The van der Waals surface area contributed by atoms with Gasteiger partial charge >= 0.3 is 5.97 Å². The Bertz CT molecular complexity index is 373. The number of aryl methyl sites for hydroxylation is 1. The van der Waals surface area contributed by atoms with Crippen LogP contribution in [0, 0.1) is 11.8 Å². The molecule has 0 radical (unpaired) electrons. The number of aromatic hydroxyl groups is 1. The summed E-state index contributed by atoms with van der Waals surface area (Å²) in [7, 11) is 0. The first-order valence-electron chi connectivity index (χ1n) is 3.46. The Labute approximate surface area is 73.6 Å². The molecular formula is C8H7NO4. The third kappa shape index (κ3) is 1.64. The van der Waals surface area contributed by atoms with E-state index in [1.807, 2.05) is 0 Å². The van der Waals surface area contributed by atoms with Crippen molar-refractivity contribution in [3.63, 3.8) is 0 Å². The Morgan fingerprint density at radius 3 is 2.54 bits per heavy atom. The summed E-state index contributed by atoms with van der Waals surface area (Å²) in [6.45, 7) is 1.50. The highest BCUT2D eigenvalue weighted by Crippen LogP contribution is 2.30. The summed E-state index contributed by atoms with van der Waals surface area (Å²) in [4.78, 5) is 20.7. The lowest BCUT2D eigenvalue weighted by atomic mass is 10.1. The molecule has 0 heterocycles. The Hall–Kier alpha value is -1.91. The molecule has 68 valence electrons. The highest BCUT2D eigenvalue weighted by molar-refractivity contribution is 5.89. The minimum absolute atomic E-state index is 0.0649. The second kappa shape index (κ2) is 3.22. The summed E-state index contributed by atoms with van der Waals surface area (Å²) in [5.74, 6) is -1.44. The van der Waals surface area contributed by atoms with Gasteiger partial charge in [-0.05, 0) is 29.8 Å². The first kappa shape index (κ1) is 9.18. The van der Waals surface area contributed by atoms with E-state index in [1.54, 1.807) is 0 Å². The first-order chi connectivity index (χ1) is 6.06. The maximum atomic E-state index is 10.5. The first-order valence-corrected chi connectivity index (χ1v) is 3.46. The molecule has 1 aromatic carbocycles. The van der Waals surface area contributed by atoms with Crippen molar-refractivity contribution >= 4 is 11.7 Å². The largest absolute Gasteiger partial charge is 0.505 e. The van der Waals surface area contributed by atoms with Crippen molar-refractivity contribution < 1.29 is 15.0 Å². The van der Waals surface area contributed by atoms with E-state index in [1.165, 1.54) is 13.0 Å². The number of nitroso groups, excluding NO2 is 1. The van der Waals surface area contributed by atoms with Crippen molar-refractivity contribution in [2.75, 3.05) is 0 Å². The van der Waals surface area contributed by atoms with Crippen LogP contribution < -0.4 is 0 Å². The fourth-order valence-electron chi connectivity index (χ4n) is 0.954. The molecule has 0 unspecified atom stereocenters. The van der Waals surface area contributed by atoms with E-state index < -0.39 is 5.97 Å². The number of rotatable bonds is 2. The Kier molecular flexibility index (Phi) is 2.27. The van der Waals surface area contributed by atoms with Crippen LogP contribution in [0.25, 0.3) is 0 Å². The molecule has 0 amide bonds. The van der Waals surface area contributed by atoms with Crippen LogP contribution in [0.1, 0.15) is 15.9 Å². The molecule has 0 saturated heterocycles. The molecule has 13 heavy (non-hydrogen) atoms. The molecule has 0 atom stereocenters. The van der Waals surface area contributed by atoms with E-state index in [0.29, 0.717) is 5.56 Å². The van der Waals surface area contributed by atoms with Gasteiger partial charge in [-0.25, -0.2) is 4.79 Å². The molecule has 0 aliphatic carbocycles. The van der Waals surface area contributed by atoms with Gasteiger partial charge in [-0.3, -0.25) is 0 Å². The highest BCUT2D eigenvalue weighted by Gasteiger charge is 2.11. The number of phenolic OH excluding ortho intramolecular Hbond substituents is 1. The third-order valence-electron chi connectivity index (χ3n) is 1.63. The van der Waals surface area contributed by atoms with Gasteiger partial charge in [-0.1, -0.05) is 0 Å². The summed E-state index contributed by atoms with van der Waals surface area (Å²) in [5.41, 5.74) is -0.00296. The Balaban J connectivity index is 3.38. The van der Waals surface area contributed by atoms with Crippen molar-refractivity contribution in [1.29, 1.82) is 0 Å². The second-order valence-corrected chi connectivity index (χ2v) is 2.56. The maximum Gasteiger partial charge on any atom is 0.335 e. The number of phenols is 1. The fourth-order valence-corrected chi connectivity index (χ4v) is 0.954. The van der Waals surface area contributed by atoms with Crippen molar-refractivity contribution in [2.45, 2.75) is 6.92 Å². The SMILES string of the molecule is Cc1cc(C(=O)O)cc(N=O)c1O. The van der Waals surface area contributed by atoms with Gasteiger partial charge in [0.2, 0.25) is 0 Å². The van der Waals surface area contributed by atoms with E-state index in [0.717, 1.165) is 6.07 Å². The quantitative estimate of drug-likeness (QED) is 0.681. The number of aromatic carboxylic acids is 1. The van der Waals surface area contributed by atoms with Gasteiger partial charge in [0.1, 0.15) is 5.75 Å². The average molecular weight is 181 g/mol. The van der Waals surface area contributed by atoms with Crippen LogP contribution in [0.15, 0.2) is 17.3 Å². The minimum atomic E-state index is -1.16. The van der Waals surface area contributed by atoms with Crippen LogP contribution in [0.2, 0.25) is 0 Å². The van der Waals surface area contributed by atoms with Crippen LogP contribution in [-0.2, 0) is 0 Å². The number of benzene rings is 1. The molecule has 0 aromatic heterocycles. The Morgan fingerprint density at radius 2 is 2.08 bits per heavy atom. The topological polar surface area (TPSA) is 87.0 Å². The van der Waals surface area contributed by atoms with E-state index in [9.17, 15) is 14.8 Å². The molecular weight excluding hydrogens is 174 g/mol. The minimum Gasteiger partial charge on any atom is -0.505 e. The third-order valence-corrected chi connectivity index (χ3v) is 1.63. The molecule has 5 nitrogen and oxygen atoms in total. The highest BCUT2D eigenvalue weighted by atomic mass is 16.4. The van der Waals surface area contributed by atoms with E-state index in [4.69, 9.17) is 5.11 Å². The lowest BCUT2D eigenvalue weighted by Crippen LogP contribution is -1.96. The number of carboxylic acids is 1. The zero-order valence-corrected chi connectivity index (χ0v) is 6.81. The van der Waals surface area contributed by atoms with Gasteiger partial charge in [0.05, 0.1) is 5.56 Å². The van der Waals surface area contributed by atoms with Gasteiger partial charge in [0, 0.05) is 0 Å². The van der Waals surface area contributed by atoms with Gasteiger partial charge in [-0.15, -0.1) is 4.91 Å². The average Bonchev–Trinajstić information content (AvgIpc) is 2.09. The normalized spacial score (nSPS) is 9.62. The van der Waals surface area contributed by atoms with Crippen LogP contribution in [0.3, 0.4) is 0 Å². The lowest BCUT2D eigenvalue weighted by molar-refractivity contribution is 0.0697. The number of hydrogen-bond donors (Lipinski definition) is 2. The van der Waals surface area contributed by atoms with Crippen molar-refractivity contribution in [2.24, 2.45) is 5.18 Å². The molecule has 0 fully saturated rings. The monoisotopic (exact) mass is 181 g/mol. The predicted octanol–water partition coefficient (Wildman–Crippen LogP) is 1.80. The predicted molar refractivity (Wildman–Crippen MR) is 45.3 cm³/mol. The van der Waals surface area contributed by atoms with E-state index >= 15 is 0 Å². The number of hydrogen-bond acceptors (Lipinski definition) is 4. The number of carbonyl (C=O) groups is 1. The zero-order chi connectivity index (χ0) is 10.0. The fraction of sp³-hybridized carbons (Fsp3) is 0.125. The molecule has 0 aliphatic heterocycles. The van der Waals surface area contributed by atoms with Crippen LogP contribution in [-0.4, -0.2) is 16.2 Å². The van der Waals surface area contributed by atoms with Crippen LogP contribution >= 0.6 is 0 Å². The summed E-state index contributed by atoms with van der Waals surface area (Å²) < 4.78 is 0. The molecule has 0 bridgehead atoms. The molecule has 1 rings (SSSR count). The molecule has 5 heteroatoms. The molecule has 0 spiro atoms. The van der Waals surface area contributed by atoms with Gasteiger partial charge in [0.15, 0.2) is 5.69 Å². The van der Waals surface area contributed by atoms with Gasteiger partial charge in [0.25, 0.3) is 0 Å². The Morgan fingerprint density at radius 1 is 1.46 bits per heavy atom. The number of nitrogens with zero attached hydrogens (tertiary/aromatic N) is 1. The molecule has 0 saturated carbocycles. The second-order valence-electron chi connectivity index (χ2n) is 2.56.